The largest absolute Gasteiger partial charge is 0.336 e. The van der Waals surface area contributed by atoms with E-state index in [0.717, 1.165) is 24.0 Å². The monoisotopic (exact) mass is 429 g/mol. The van der Waals surface area contributed by atoms with Crippen LogP contribution in [-0.2, 0) is 16.4 Å². The lowest BCUT2D eigenvalue weighted by atomic mass is 10.1. The third-order valence-electron chi connectivity index (χ3n) is 5.55. The lowest BCUT2D eigenvalue weighted by molar-refractivity contribution is 0.169. The molecule has 1 aliphatic heterocycles. The van der Waals surface area contributed by atoms with Crippen molar-refractivity contribution in [1.82, 2.24) is 14.5 Å². The van der Waals surface area contributed by atoms with Crippen LogP contribution in [0.25, 0.3) is 0 Å². The second-order valence-corrected chi connectivity index (χ2v) is 9.94. The minimum Gasteiger partial charge on any atom is -0.336 e. The zero-order chi connectivity index (χ0) is 21.7. The van der Waals surface area contributed by atoms with Crippen molar-refractivity contribution in [3.8, 4) is 0 Å². The van der Waals surface area contributed by atoms with E-state index in [-0.39, 0.29) is 12.1 Å². The van der Waals surface area contributed by atoms with Crippen LogP contribution in [0.4, 0.5) is 4.79 Å². The van der Waals surface area contributed by atoms with Gasteiger partial charge in [0.15, 0.2) is 0 Å². The van der Waals surface area contributed by atoms with Crippen molar-refractivity contribution >= 4 is 16.1 Å². The number of carbonyl (C=O) groups excluding carboxylic acids is 1. The Bertz CT molecular complexity index is 968. The number of benzene rings is 2. The Hall–Kier alpha value is -2.38. The molecule has 1 N–H and O–H groups in total. The average molecular weight is 430 g/mol. The summed E-state index contributed by atoms with van der Waals surface area (Å²) in [5.41, 5.74) is 3.04. The summed E-state index contributed by atoms with van der Waals surface area (Å²) in [6.07, 6.45) is 1.76. The minimum atomic E-state index is -3.55. The van der Waals surface area contributed by atoms with Gasteiger partial charge in [-0.15, -0.1) is 0 Å². The van der Waals surface area contributed by atoms with Crippen LogP contribution in [0.2, 0.25) is 0 Å². The Morgan fingerprint density at radius 2 is 1.70 bits per heavy atom. The number of rotatable bonds is 6. The first-order valence-electron chi connectivity index (χ1n) is 10.4. The molecular formula is C23H31N3O3S. The molecule has 1 heterocycles. The van der Waals surface area contributed by atoms with Gasteiger partial charge in [-0.1, -0.05) is 48.0 Å². The van der Waals surface area contributed by atoms with Gasteiger partial charge in [-0.3, -0.25) is 0 Å². The van der Waals surface area contributed by atoms with Gasteiger partial charge >= 0.3 is 6.03 Å². The Morgan fingerprint density at radius 1 is 1.03 bits per heavy atom. The van der Waals surface area contributed by atoms with Gasteiger partial charge in [-0.25, -0.2) is 13.2 Å². The Morgan fingerprint density at radius 3 is 2.33 bits per heavy atom. The standard InChI is InChI=1S/C23H31N3O3S/c1-18-9-12-22(19(2)17-18)30(28,29)26-15-13-25(14-16-26)23(27)24-20(3)10-11-21-7-5-4-6-8-21/h4-9,12,17,20H,10-11,13-16H2,1-3H3,(H,24,27). The number of sulfonamides is 1. The highest BCUT2D eigenvalue weighted by Gasteiger charge is 2.31. The van der Waals surface area contributed by atoms with Crippen LogP contribution in [0, 0.1) is 13.8 Å². The van der Waals surface area contributed by atoms with Crippen LogP contribution in [0.1, 0.15) is 30.0 Å². The average Bonchev–Trinajstić information content (AvgIpc) is 2.73. The van der Waals surface area contributed by atoms with Crippen LogP contribution in [0.5, 0.6) is 0 Å². The first-order chi connectivity index (χ1) is 14.3. The number of carbonyl (C=O) groups is 1. The number of urea groups is 1. The highest BCUT2D eigenvalue weighted by molar-refractivity contribution is 7.89. The summed E-state index contributed by atoms with van der Waals surface area (Å²) >= 11 is 0. The van der Waals surface area contributed by atoms with Crippen molar-refractivity contribution < 1.29 is 13.2 Å². The predicted octanol–water partition coefficient (Wildman–Crippen LogP) is 3.34. The number of amides is 2. The zero-order valence-corrected chi connectivity index (χ0v) is 18.8. The van der Waals surface area contributed by atoms with Crippen LogP contribution < -0.4 is 5.32 Å². The maximum Gasteiger partial charge on any atom is 0.317 e. The van der Waals surface area contributed by atoms with Crippen molar-refractivity contribution in [1.29, 1.82) is 0 Å². The van der Waals surface area contributed by atoms with E-state index < -0.39 is 10.0 Å². The molecule has 6 nitrogen and oxygen atoms in total. The third kappa shape index (κ3) is 5.40. The summed E-state index contributed by atoms with van der Waals surface area (Å²) in [7, 11) is -3.55. The van der Waals surface area contributed by atoms with Gasteiger partial charge < -0.3 is 10.2 Å². The van der Waals surface area contributed by atoms with Gasteiger partial charge in [0.05, 0.1) is 4.90 Å². The van der Waals surface area contributed by atoms with E-state index in [1.54, 1.807) is 11.0 Å². The summed E-state index contributed by atoms with van der Waals surface area (Å²) in [6, 6.07) is 15.5. The van der Waals surface area contributed by atoms with Gasteiger partial charge in [0.2, 0.25) is 10.0 Å². The molecule has 0 spiro atoms. The Kier molecular flexibility index (Phi) is 7.15. The summed E-state index contributed by atoms with van der Waals surface area (Å²) < 4.78 is 27.5. The van der Waals surface area contributed by atoms with Crippen LogP contribution in [0.3, 0.4) is 0 Å². The van der Waals surface area contributed by atoms with E-state index in [9.17, 15) is 13.2 Å². The van der Waals surface area contributed by atoms with E-state index in [1.165, 1.54) is 9.87 Å². The number of hydrogen-bond donors (Lipinski definition) is 1. The summed E-state index contributed by atoms with van der Waals surface area (Å²) in [5, 5.41) is 3.04. The summed E-state index contributed by atoms with van der Waals surface area (Å²) in [4.78, 5) is 14.6. The first kappa shape index (κ1) is 22.3. The molecule has 2 aromatic rings. The topological polar surface area (TPSA) is 69.7 Å². The maximum absolute atomic E-state index is 13.0. The lowest BCUT2D eigenvalue weighted by Crippen LogP contribution is -2.54. The molecule has 162 valence electrons. The molecule has 30 heavy (non-hydrogen) atoms. The fourth-order valence-corrected chi connectivity index (χ4v) is 5.39. The number of nitrogens with one attached hydrogen (secondary N) is 1. The van der Waals surface area contributed by atoms with Crippen molar-refractivity contribution in [2.45, 2.75) is 44.6 Å². The molecule has 1 fully saturated rings. The maximum atomic E-state index is 13.0. The summed E-state index contributed by atoms with van der Waals surface area (Å²) in [5.74, 6) is 0. The molecule has 2 amide bonds. The van der Waals surface area contributed by atoms with E-state index >= 15 is 0 Å². The molecule has 0 saturated carbocycles. The van der Waals surface area contributed by atoms with Gasteiger partial charge in [0.25, 0.3) is 0 Å². The molecule has 1 unspecified atom stereocenters. The normalized spacial score (nSPS) is 16.3. The second kappa shape index (κ2) is 9.62. The third-order valence-corrected chi connectivity index (χ3v) is 7.61. The van der Waals surface area contributed by atoms with Gasteiger partial charge in [-0.2, -0.15) is 4.31 Å². The van der Waals surface area contributed by atoms with E-state index in [0.29, 0.717) is 31.1 Å². The SMILES string of the molecule is Cc1ccc(S(=O)(=O)N2CCN(C(=O)NC(C)CCc3ccccc3)CC2)c(C)c1. The number of hydrogen-bond acceptors (Lipinski definition) is 3. The van der Waals surface area contributed by atoms with Gasteiger partial charge in [-0.05, 0) is 50.8 Å². The number of aryl methyl sites for hydroxylation is 3. The molecule has 1 atom stereocenters. The number of nitrogens with zero attached hydrogens (tertiary/aromatic N) is 2. The highest BCUT2D eigenvalue weighted by Crippen LogP contribution is 2.22. The zero-order valence-electron chi connectivity index (χ0n) is 18.0. The highest BCUT2D eigenvalue weighted by atomic mass is 32.2. The molecule has 1 saturated heterocycles. The smallest absolute Gasteiger partial charge is 0.317 e. The second-order valence-electron chi connectivity index (χ2n) is 8.03. The van der Waals surface area contributed by atoms with Crippen LogP contribution in [0.15, 0.2) is 53.4 Å². The van der Waals surface area contributed by atoms with E-state index in [2.05, 4.69) is 17.4 Å². The predicted molar refractivity (Wildman–Crippen MR) is 119 cm³/mol. The Balaban J connectivity index is 1.51. The van der Waals surface area contributed by atoms with Crippen molar-refractivity contribution in [2.24, 2.45) is 0 Å². The van der Waals surface area contributed by atoms with Crippen molar-refractivity contribution in [2.75, 3.05) is 26.2 Å². The molecule has 2 aromatic carbocycles. The lowest BCUT2D eigenvalue weighted by Gasteiger charge is -2.34. The van der Waals surface area contributed by atoms with Crippen LogP contribution in [-0.4, -0.2) is 55.9 Å². The van der Waals surface area contributed by atoms with Crippen molar-refractivity contribution in [3.05, 3.63) is 65.2 Å². The van der Waals surface area contributed by atoms with Crippen molar-refractivity contribution in [3.63, 3.8) is 0 Å². The van der Waals surface area contributed by atoms with Gasteiger partial charge in [0, 0.05) is 32.2 Å². The fourth-order valence-electron chi connectivity index (χ4n) is 3.76. The van der Waals surface area contributed by atoms with E-state index in [1.807, 2.05) is 51.1 Å². The van der Waals surface area contributed by atoms with Gasteiger partial charge in [0.1, 0.15) is 0 Å². The summed E-state index contributed by atoms with van der Waals surface area (Å²) in [6.45, 7) is 7.16. The fraction of sp³-hybridized carbons (Fsp3) is 0.435. The minimum absolute atomic E-state index is 0.0506. The molecule has 3 rings (SSSR count). The molecule has 1 aliphatic rings. The number of piperazine rings is 1. The molecule has 0 radical (unpaired) electrons. The Labute approximate surface area is 179 Å². The molecule has 7 heteroatoms. The molecular weight excluding hydrogens is 398 g/mol. The first-order valence-corrected chi connectivity index (χ1v) is 11.9. The van der Waals surface area contributed by atoms with E-state index in [4.69, 9.17) is 0 Å². The molecule has 0 aromatic heterocycles. The van der Waals surface area contributed by atoms with Crippen LogP contribution >= 0.6 is 0 Å². The molecule has 0 bridgehead atoms. The quantitative estimate of drug-likeness (QED) is 0.766. The molecule has 0 aliphatic carbocycles.